The third kappa shape index (κ3) is 4.72. The molecule has 4 heteroatoms. The Morgan fingerprint density at radius 2 is 2.23 bits per heavy atom. The minimum absolute atomic E-state index is 0.0734. The number of hydrogen-bond acceptors (Lipinski definition) is 2. The van der Waals surface area contributed by atoms with Gasteiger partial charge in [0.25, 0.3) is 5.91 Å². The summed E-state index contributed by atoms with van der Waals surface area (Å²) >= 11 is 6.13. The number of benzene rings is 1. The van der Waals surface area contributed by atoms with Crippen molar-refractivity contribution in [1.82, 2.24) is 10.2 Å². The molecule has 0 bridgehead atoms. The molecule has 0 spiro atoms. The molecule has 0 aliphatic carbocycles. The van der Waals surface area contributed by atoms with E-state index >= 15 is 0 Å². The van der Waals surface area contributed by atoms with E-state index in [1.54, 1.807) is 6.07 Å². The summed E-state index contributed by atoms with van der Waals surface area (Å²) in [6.07, 6.45) is 6.21. The van der Waals surface area contributed by atoms with Gasteiger partial charge >= 0.3 is 0 Å². The highest BCUT2D eigenvalue weighted by Gasteiger charge is 2.19. The number of likely N-dealkylation sites (tertiary alicyclic amines) is 1. The maximum absolute atomic E-state index is 12.1. The number of carbonyl (C=O) groups excluding carboxylic acids is 1. The Morgan fingerprint density at radius 3 is 2.95 bits per heavy atom. The smallest absolute Gasteiger partial charge is 0.252 e. The molecule has 1 atom stereocenters. The average Bonchev–Trinajstić information content (AvgIpc) is 2.51. The Labute approximate surface area is 139 Å². The van der Waals surface area contributed by atoms with Gasteiger partial charge < -0.3 is 10.2 Å². The van der Waals surface area contributed by atoms with E-state index in [-0.39, 0.29) is 5.91 Å². The molecule has 0 unspecified atom stereocenters. The number of carbonyl (C=O) groups is 1. The van der Waals surface area contributed by atoms with Gasteiger partial charge in [-0.2, -0.15) is 0 Å². The number of hydrogen-bond donors (Lipinski definition) is 1. The van der Waals surface area contributed by atoms with Crippen LogP contribution in [0.25, 0.3) is 0 Å². The lowest BCUT2D eigenvalue weighted by atomic mass is 10.00. The number of aryl methyl sites for hydroxylation is 1. The number of nitrogens with one attached hydrogen (secondary N) is 1. The first-order valence-corrected chi connectivity index (χ1v) is 8.78. The van der Waals surface area contributed by atoms with E-state index in [0.717, 1.165) is 24.6 Å². The number of rotatable bonds is 6. The molecule has 1 saturated heterocycles. The molecular weight excluding hydrogens is 296 g/mol. The molecule has 1 aromatic rings. The third-order valence-electron chi connectivity index (χ3n) is 4.50. The fourth-order valence-corrected chi connectivity index (χ4v) is 3.52. The van der Waals surface area contributed by atoms with Crippen LogP contribution in [0.2, 0.25) is 5.02 Å². The zero-order valence-corrected chi connectivity index (χ0v) is 14.5. The van der Waals surface area contributed by atoms with Crippen molar-refractivity contribution in [2.45, 2.75) is 52.0 Å². The molecule has 1 N–H and O–H groups in total. The minimum atomic E-state index is -0.0734. The van der Waals surface area contributed by atoms with E-state index in [1.165, 1.54) is 32.2 Å². The van der Waals surface area contributed by atoms with E-state index in [0.29, 0.717) is 17.1 Å². The zero-order chi connectivity index (χ0) is 15.9. The molecule has 0 radical (unpaired) electrons. The molecule has 1 aliphatic rings. The molecule has 1 amide bonds. The van der Waals surface area contributed by atoms with Crippen LogP contribution in [0.1, 0.15) is 54.9 Å². The lowest BCUT2D eigenvalue weighted by Gasteiger charge is -2.35. The van der Waals surface area contributed by atoms with E-state index < -0.39 is 0 Å². The maximum Gasteiger partial charge on any atom is 0.252 e. The van der Waals surface area contributed by atoms with Gasteiger partial charge in [0.15, 0.2) is 0 Å². The minimum Gasteiger partial charge on any atom is -0.352 e. The van der Waals surface area contributed by atoms with Gasteiger partial charge in [-0.1, -0.05) is 31.0 Å². The summed E-state index contributed by atoms with van der Waals surface area (Å²) < 4.78 is 0. The Kier molecular flexibility index (Phi) is 6.71. The van der Waals surface area contributed by atoms with Crippen molar-refractivity contribution in [2.75, 3.05) is 19.6 Å². The molecule has 22 heavy (non-hydrogen) atoms. The molecule has 1 aliphatic heterocycles. The molecule has 1 fully saturated rings. The predicted octanol–water partition coefficient (Wildman–Crippen LogP) is 4.03. The van der Waals surface area contributed by atoms with Gasteiger partial charge in [0.1, 0.15) is 0 Å². The Hall–Kier alpha value is -1.06. The van der Waals surface area contributed by atoms with Crippen LogP contribution in [-0.2, 0) is 0 Å². The second-order valence-electron chi connectivity index (χ2n) is 6.19. The van der Waals surface area contributed by atoms with Crippen molar-refractivity contribution in [1.29, 1.82) is 0 Å². The second-order valence-corrected chi connectivity index (χ2v) is 6.59. The number of amides is 1. The molecule has 3 nitrogen and oxygen atoms in total. The fraction of sp³-hybridized carbons (Fsp3) is 0.611. The third-order valence-corrected chi connectivity index (χ3v) is 4.81. The molecule has 2 rings (SSSR count). The summed E-state index contributed by atoms with van der Waals surface area (Å²) in [6, 6.07) is 6.28. The highest BCUT2D eigenvalue weighted by molar-refractivity contribution is 6.33. The summed E-state index contributed by atoms with van der Waals surface area (Å²) in [5.74, 6) is -0.0734. The van der Waals surface area contributed by atoms with E-state index in [2.05, 4.69) is 17.1 Å². The van der Waals surface area contributed by atoms with Gasteiger partial charge in [0, 0.05) is 19.1 Å². The first-order chi connectivity index (χ1) is 10.6. The predicted molar refractivity (Wildman–Crippen MR) is 92.6 cm³/mol. The van der Waals surface area contributed by atoms with Gasteiger partial charge in [-0.25, -0.2) is 0 Å². The fourth-order valence-electron chi connectivity index (χ4n) is 3.20. The Morgan fingerprint density at radius 1 is 1.41 bits per heavy atom. The molecule has 1 aromatic carbocycles. The summed E-state index contributed by atoms with van der Waals surface area (Å²) in [6.45, 7) is 7.22. The average molecular weight is 323 g/mol. The first-order valence-electron chi connectivity index (χ1n) is 8.40. The van der Waals surface area contributed by atoms with Gasteiger partial charge in [-0.05, 0) is 56.8 Å². The lowest BCUT2D eigenvalue weighted by molar-refractivity contribution is 0.0947. The molecule has 0 aromatic heterocycles. The van der Waals surface area contributed by atoms with Crippen molar-refractivity contribution in [3.05, 3.63) is 34.3 Å². The van der Waals surface area contributed by atoms with Crippen molar-refractivity contribution in [3.8, 4) is 0 Å². The standard InChI is InChI=1S/C18H27ClN2O/c1-3-15-7-4-5-11-21(15)12-6-10-20-18(22)16-9-8-14(2)13-17(16)19/h8-9,13,15H,3-7,10-12H2,1-2H3,(H,20,22)/t15-/m0/s1. The molecule has 122 valence electrons. The quantitative estimate of drug-likeness (QED) is 0.802. The Bertz CT molecular complexity index is 504. The monoisotopic (exact) mass is 322 g/mol. The molecular formula is C18H27ClN2O. The highest BCUT2D eigenvalue weighted by atomic mass is 35.5. The highest BCUT2D eigenvalue weighted by Crippen LogP contribution is 2.19. The molecule has 0 saturated carbocycles. The van der Waals surface area contributed by atoms with Crippen molar-refractivity contribution < 1.29 is 4.79 Å². The maximum atomic E-state index is 12.1. The molecule has 1 heterocycles. The van der Waals surface area contributed by atoms with Crippen LogP contribution in [-0.4, -0.2) is 36.5 Å². The largest absolute Gasteiger partial charge is 0.352 e. The zero-order valence-electron chi connectivity index (χ0n) is 13.7. The van der Waals surface area contributed by atoms with Crippen LogP contribution in [0.4, 0.5) is 0 Å². The first kappa shape index (κ1) is 17.3. The van der Waals surface area contributed by atoms with E-state index in [9.17, 15) is 4.79 Å². The van der Waals surface area contributed by atoms with Crippen LogP contribution in [0.15, 0.2) is 18.2 Å². The lowest BCUT2D eigenvalue weighted by Crippen LogP contribution is -2.40. The van der Waals surface area contributed by atoms with Crippen molar-refractivity contribution in [2.24, 2.45) is 0 Å². The summed E-state index contributed by atoms with van der Waals surface area (Å²) in [5.41, 5.74) is 1.63. The van der Waals surface area contributed by atoms with Crippen LogP contribution >= 0.6 is 11.6 Å². The summed E-state index contributed by atoms with van der Waals surface area (Å²) in [4.78, 5) is 14.7. The van der Waals surface area contributed by atoms with E-state index in [1.807, 2.05) is 19.1 Å². The Balaban J connectivity index is 1.75. The normalized spacial score (nSPS) is 19.1. The van der Waals surface area contributed by atoms with Crippen LogP contribution in [0.5, 0.6) is 0 Å². The van der Waals surface area contributed by atoms with Crippen LogP contribution < -0.4 is 5.32 Å². The van der Waals surface area contributed by atoms with Gasteiger partial charge in [-0.15, -0.1) is 0 Å². The van der Waals surface area contributed by atoms with Crippen LogP contribution in [0.3, 0.4) is 0 Å². The van der Waals surface area contributed by atoms with Crippen LogP contribution in [0, 0.1) is 6.92 Å². The second kappa shape index (κ2) is 8.54. The van der Waals surface area contributed by atoms with Crippen molar-refractivity contribution in [3.63, 3.8) is 0 Å². The SMILES string of the molecule is CC[C@H]1CCCCN1CCCNC(=O)c1ccc(C)cc1Cl. The summed E-state index contributed by atoms with van der Waals surface area (Å²) in [5, 5.41) is 3.51. The van der Waals surface area contributed by atoms with Gasteiger partial charge in [-0.3, -0.25) is 4.79 Å². The number of piperidine rings is 1. The van der Waals surface area contributed by atoms with E-state index in [4.69, 9.17) is 11.6 Å². The number of halogens is 1. The van der Waals surface area contributed by atoms with Gasteiger partial charge in [0.05, 0.1) is 10.6 Å². The number of nitrogens with zero attached hydrogens (tertiary/aromatic N) is 1. The van der Waals surface area contributed by atoms with Crippen molar-refractivity contribution >= 4 is 17.5 Å². The van der Waals surface area contributed by atoms with Gasteiger partial charge in [0.2, 0.25) is 0 Å². The summed E-state index contributed by atoms with van der Waals surface area (Å²) in [7, 11) is 0. The topological polar surface area (TPSA) is 32.3 Å².